The van der Waals surface area contributed by atoms with Crippen molar-refractivity contribution in [1.29, 1.82) is 0 Å². The van der Waals surface area contributed by atoms with E-state index in [2.05, 4.69) is 10.3 Å². The highest BCUT2D eigenvalue weighted by Crippen LogP contribution is 2.31. The number of carbonyl (C=O) groups is 1. The van der Waals surface area contributed by atoms with Crippen LogP contribution in [0.2, 0.25) is 10.0 Å². The molecule has 2 aromatic rings. The lowest BCUT2D eigenvalue weighted by Crippen LogP contribution is -2.40. The van der Waals surface area contributed by atoms with Gasteiger partial charge in [0.25, 0.3) is 0 Å². The molecule has 0 spiro atoms. The Labute approximate surface area is 181 Å². The molecule has 1 amide bonds. The van der Waals surface area contributed by atoms with Crippen LogP contribution in [0.5, 0.6) is 0 Å². The van der Waals surface area contributed by atoms with Crippen LogP contribution >= 0.6 is 48.0 Å². The first kappa shape index (κ1) is 24.1. The largest absolute Gasteiger partial charge is 0.441 e. The Balaban J connectivity index is 0.00000182. The molecule has 1 atom stereocenters. The first-order chi connectivity index (χ1) is 12.1. The monoisotopic (exact) mass is 453 g/mol. The zero-order valence-corrected chi connectivity index (χ0v) is 18.1. The van der Waals surface area contributed by atoms with Crippen LogP contribution in [-0.4, -0.2) is 42.0 Å². The maximum Gasteiger partial charge on any atom is 0.223 e. The minimum absolute atomic E-state index is 0. The van der Waals surface area contributed by atoms with Gasteiger partial charge in [0.15, 0.2) is 11.7 Å². The van der Waals surface area contributed by atoms with Gasteiger partial charge in [0.2, 0.25) is 5.91 Å². The molecule has 1 unspecified atom stereocenters. The van der Waals surface area contributed by atoms with E-state index < -0.39 is 0 Å². The molecule has 5 nitrogen and oxygen atoms in total. The minimum Gasteiger partial charge on any atom is -0.441 e. The van der Waals surface area contributed by atoms with Crippen molar-refractivity contribution in [2.45, 2.75) is 31.7 Å². The summed E-state index contributed by atoms with van der Waals surface area (Å²) in [5, 5.41) is 4.23. The number of aryl methyl sites for hydroxylation is 1. The summed E-state index contributed by atoms with van der Waals surface area (Å²) < 4.78 is 5.76. The number of amides is 1. The molecule has 0 aliphatic carbocycles. The average molecular weight is 455 g/mol. The molecule has 1 fully saturated rings. The lowest BCUT2D eigenvalue weighted by atomic mass is 10.2. The Bertz CT molecular complexity index is 754. The van der Waals surface area contributed by atoms with Crippen LogP contribution in [0.15, 0.2) is 28.8 Å². The van der Waals surface area contributed by atoms with E-state index in [1.54, 1.807) is 24.4 Å². The molecule has 0 radical (unpaired) electrons. The Morgan fingerprint density at radius 2 is 2.15 bits per heavy atom. The highest BCUT2D eigenvalue weighted by molar-refractivity contribution is 6.36. The summed E-state index contributed by atoms with van der Waals surface area (Å²) in [6.45, 7) is 1.67. The number of nitrogens with one attached hydrogen (secondary N) is 1. The Hall–Kier alpha value is -0.980. The predicted molar refractivity (Wildman–Crippen MR) is 113 cm³/mol. The Morgan fingerprint density at radius 3 is 2.85 bits per heavy atom. The topological polar surface area (TPSA) is 58.4 Å². The summed E-state index contributed by atoms with van der Waals surface area (Å²) in [6.07, 6.45) is 4.64. The van der Waals surface area contributed by atoms with Gasteiger partial charge in [0.1, 0.15) is 0 Å². The van der Waals surface area contributed by atoms with Crippen LogP contribution in [0.25, 0.3) is 11.3 Å². The summed E-state index contributed by atoms with van der Waals surface area (Å²) in [6, 6.07) is 5.51. The number of benzene rings is 1. The summed E-state index contributed by atoms with van der Waals surface area (Å²) in [7, 11) is 1.91. The summed E-state index contributed by atoms with van der Waals surface area (Å²) in [4.78, 5) is 18.7. The van der Waals surface area contributed by atoms with Gasteiger partial charge in [-0.05, 0) is 38.1 Å². The van der Waals surface area contributed by atoms with Crippen molar-refractivity contribution in [2.75, 3.05) is 20.1 Å². The molecule has 3 rings (SSSR count). The number of oxazole rings is 1. The van der Waals surface area contributed by atoms with Gasteiger partial charge in [-0.3, -0.25) is 4.79 Å². The van der Waals surface area contributed by atoms with Gasteiger partial charge in [-0.2, -0.15) is 0 Å². The summed E-state index contributed by atoms with van der Waals surface area (Å²) >= 11 is 12.1. The quantitative estimate of drug-likeness (QED) is 0.690. The second-order valence-corrected chi connectivity index (χ2v) is 7.03. The average Bonchev–Trinajstić information content (AvgIpc) is 3.22. The molecule has 1 aliphatic rings. The van der Waals surface area contributed by atoms with Crippen molar-refractivity contribution in [3.05, 3.63) is 40.3 Å². The van der Waals surface area contributed by atoms with E-state index >= 15 is 0 Å². The van der Waals surface area contributed by atoms with Crippen molar-refractivity contribution in [2.24, 2.45) is 0 Å². The van der Waals surface area contributed by atoms with E-state index in [4.69, 9.17) is 27.6 Å². The maximum atomic E-state index is 12.5. The molecule has 1 aromatic heterocycles. The molecule has 1 saturated heterocycles. The number of aromatic nitrogens is 1. The standard InChI is InChI=1S/C18H21Cl2N3O2.2ClH/c1-21-10-13-3-2-8-23(13)18(24)7-6-17-22-11-16(25-17)14-5-4-12(19)9-15(14)20;;/h4-5,9,11,13,21H,2-3,6-8,10H2,1H3;2*1H. The summed E-state index contributed by atoms with van der Waals surface area (Å²) in [5.41, 5.74) is 0.741. The van der Waals surface area contributed by atoms with Crippen LogP contribution in [0.1, 0.15) is 25.2 Å². The number of likely N-dealkylation sites (tertiary alicyclic amines) is 1. The van der Waals surface area contributed by atoms with Crippen LogP contribution in [0.4, 0.5) is 0 Å². The van der Waals surface area contributed by atoms with E-state index in [1.807, 2.05) is 11.9 Å². The third-order valence-electron chi connectivity index (χ3n) is 4.44. The molecule has 2 heterocycles. The van der Waals surface area contributed by atoms with Gasteiger partial charge in [0, 0.05) is 42.6 Å². The second-order valence-electron chi connectivity index (χ2n) is 6.18. The van der Waals surface area contributed by atoms with Crippen LogP contribution in [0, 0.1) is 0 Å². The van der Waals surface area contributed by atoms with E-state index in [0.717, 1.165) is 31.5 Å². The van der Waals surface area contributed by atoms with Gasteiger partial charge in [-0.1, -0.05) is 23.2 Å². The molecule has 27 heavy (non-hydrogen) atoms. The van der Waals surface area contributed by atoms with E-state index in [1.165, 1.54) is 0 Å². The fraction of sp³-hybridized carbons (Fsp3) is 0.444. The van der Waals surface area contributed by atoms with Crippen LogP contribution in [-0.2, 0) is 11.2 Å². The number of hydrogen-bond donors (Lipinski definition) is 1. The van der Waals surface area contributed by atoms with Gasteiger partial charge < -0.3 is 14.6 Å². The highest BCUT2D eigenvalue weighted by atomic mass is 35.5. The van der Waals surface area contributed by atoms with Crippen molar-refractivity contribution in [1.82, 2.24) is 15.2 Å². The van der Waals surface area contributed by atoms with Crippen molar-refractivity contribution >= 4 is 53.9 Å². The predicted octanol–water partition coefficient (Wildman–Crippen LogP) is 4.64. The molecule has 0 saturated carbocycles. The second kappa shape index (κ2) is 11.1. The number of likely N-dealkylation sites (N-methyl/N-ethyl adjacent to an activating group) is 1. The number of carbonyl (C=O) groups excluding carboxylic acids is 1. The maximum absolute atomic E-state index is 12.5. The van der Waals surface area contributed by atoms with Crippen molar-refractivity contribution < 1.29 is 9.21 Å². The molecule has 9 heteroatoms. The zero-order chi connectivity index (χ0) is 17.8. The first-order valence-electron chi connectivity index (χ1n) is 8.42. The normalized spacial score (nSPS) is 16.0. The number of hydrogen-bond acceptors (Lipinski definition) is 4. The molecule has 1 N–H and O–H groups in total. The zero-order valence-electron chi connectivity index (χ0n) is 14.9. The SMILES string of the molecule is CNCC1CCCN1C(=O)CCc1ncc(-c2ccc(Cl)cc2Cl)o1.Cl.Cl. The first-order valence-corrected chi connectivity index (χ1v) is 9.18. The van der Waals surface area contributed by atoms with Gasteiger partial charge in [0.05, 0.1) is 11.2 Å². The third kappa shape index (κ3) is 6.00. The molecule has 150 valence electrons. The van der Waals surface area contributed by atoms with E-state index in [0.29, 0.717) is 40.6 Å². The minimum atomic E-state index is 0. The number of halogens is 4. The lowest BCUT2D eigenvalue weighted by Gasteiger charge is -2.24. The van der Waals surface area contributed by atoms with E-state index in [9.17, 15) is 4.79 Å². The number of rotatable bonds is 6. The molecule has 1 aliphatic heterocycles. The Kier molecular flexibility index (Phi) is 9.91. The summed E-state index contributed by atoms with van der Waals surface area (Å²) in [5.74, 6) is 1.28. The third-order valence-corrected chi connectivity index (χ3v) is 4.99. The number of nitrogens with zero attached hydrogens (tertiary/aromatic N) is 2. The van der Waals surface area contributed by atoms with Gasteiger partial charge in [-0.15, -0.1) is 24.8 Å². The van der Waals surface area contributed by atoms with Crippen LogP contribution in [0.3, 0.4) is 0 Å². The van der Waals surface area contributed by atoms with Gasteiger partial charge in [-0.25, -0.2) is 4.98 Å². The molecular formula is C18H23Cl4N3O2. The smallest absolute Gasteiger partial charge is 0.223 e. The van der Waals surface area contributed by atoms with Crippen molar-refractivity contribution in [3.63, 3.8) is 0 Å². The Morgan fingerprint density at radius 1 is 1.37 bits per heavy atom. The fourth-order valence-corrected chi connectivity index (χ4v) is 3.71. The molecular weight excluding hydrogens is 432 g/mol. The lowest BCUT2D eigenvalue weighted by molar-refractivity contribution is -0.131. The van der Waals surface area contributed by atoms with Crippen molar-refractivity contribution in [3.8, 4) is 11.3 Å². The van der Waals surface area contributed by atoms with Gasteiger partial charge >= 0.3 is 0 Å². The van der Waals surface area contributed by atoms with Crippen LogP contribution < -0.4 is 5.32 Å². The van der Waals surface area contributed by atoms with E-state index in [-0.39, 0.29) is 30.7 Å². The molecule has 1 aromatic carbocycles. The fourth-order valence-electron chi connectivity index (χ4n) is 3.21. The molecule has 0 bridgehead atoms. The highest BCUT2D eigenvalue weighted by Gasteiger charge is 2.27.